The summed E-state index contributed by atoms with van der Waals surface area (Å²) >= 11 is 5.70. The molecular weight excluding hydrogens is 191 g/mol. The van der Waals surface area contributed by atoms with E-state index >= 15 is 0 Å². The van der Waals surface area contributed by atoms with Crippen molar-refractivity contribution in [1.82, 2.24) is 0 Å². The van der Waals surface area contributed by atoms with Crippen LogP contribution in [-0.4, -0.2) is 5.62 Å². The maximum Gasteiger partial charge on any atom is 0.131 e. The average molecular weight is 199 g/mol. The summed E-state index contributed by atoms with van der Waals surface area (Å²) in [5.74, 6) is 3.00. The van der Waals surface area contributed by atoms with Crippen LogP contribution in [0.1, 0.15) is 5.56 Å². The van der Waals surface area contributed by atoms with Crippen LogP contribution in [0.2, 0.25) is 0 Å². The van der Waals surface area contributed by atoms with Gasteiger partial charge in [0.2, 0.25) is 0 Å². The van der Waals surface area contributed by atoms with Gasteiger partial charge in [-0.2, -0.15) is 0 Å². The van der Waals surface area contributed by atoms with Crippen molar-refractivity contribution in [3.63, 3.8) is 0 Å². The molecule has 0 saturated carbocycles. The van der Waals surface area contributed by atoms with E-state index in [4.69, 9.17) is 16.1 Å². The minimum Gasteiger partial charge on any atom is -0.468 e. The fourth-order valence-electron chi connectivity index (χ4n) is 1.09. The topological polar surface area (TPSA) is 9.23 Å². The highest BCUT2D eigenvalue weighted by molar-refractivity contribution is 7.58. The summed E-state index contributed by atoms with van der Waals surface area (Å²) in [5.41, 5.74) is 1.71. The molecule has 0 fully saturated rings. The third-order valence-corrected chi connectivity index (χ3v) is 3.53. The first-order chi connectivity index (χ1) is 5.90. The van der Waals surface area contributed by atoms with E-state index in [0.717, 1.165) is 11.3 Å². The lowest BCUT2D eigenvalue weighted by molar-refractivity contribution is 0.620. The van der Waals surface area contributed by atoms with Crippen molar-refractivity contribution in [2.45, 2.75) is 0 Å². The van der Waals surface area contributed by atoms with E-state index in [1.54, 1.807) is 0 Å². The van der Waals surface area contributed by atoms with Crippen molar-refractivity contribution in [1.29, 1.82) is 0 Å². The molecule has 1 heterocycles. The van der Waals surface area contributed by atoms with Crippen LogP contribution < -0.4 is 4.52 Å². The number of alkyl halides is 1. The summed E-state index contributed by atoms with van der Waals surface area (Å²) in [7, 11) is -0.571. The first-order valence-corrected chi connectivity index (χ1v) is 5.73. The Morgan fingerprint density at radius 3 is 3.00 bits per heavy atom. The molecule has 1 aliphatic rings. The molecule has 1 aliphatic heterocycles. The molecule has 1 aromatic carbocycles. The summed E-state index contributed by atoms with van der Waals surface area (Å²) in [6.45, 7) is 0. The van der Waals surface area contributed by atoms with Crippen molar-refractivity contribution in [3.05, 3.63) is 35.6 Å². The van der Waals surface area contributed by atoms with Gasteiger partial charge in [0.25, 0.3) is 0 Å². The van der Waals surface area contributed by atoms with Gasteiger partial charge in [0.15, 0.2) is 0 Å². The summed E-state index contributed by atoms with van der Waals surface area (Å²) < 4.78 is 5.63. The number of fused-ring (bicyclic) bond motifs is 1. The number of rotatable bonds is 1. The van der Waals surface area contributed by atoms with Gasteiger partial charge < -0.3 is 4.52 Å². The molecule has 0 radical (unpaired) electrons. The third kappa shape index (κ3) is 1.48. The molecule has 0 amide bonds. The third-order valence-electron chi connectivity index (χ3n) is 1.67. The maximum atomic E-state index is 5.70. The SMILES string of the molecule is ClCP1C=Cc2ccccc2O1. The lowest BCUT2D eigenvalue weighted by atomic mass is 10.2. The lowest BCUT2D eigenvalue weighted by Gasteiger charge is -2.18. The molecule has 62 valence electrons. The van der Waals surface area contributed by atoms with Crippen LogP contribution in [0.4, 0.5) is 0 Å². The van der Waals surface area contributed by atoms with Gasteiger partial charge in [-0.05, 0) is 18.0 Å². The predicted octanol–water partition coefficient (Wildman–Crippen LogP) is 3.64. The van der Waals surface area contributed by atoms with Gasteiger partial charge in [0.1, 0.15) is 13.9 Å². The standard InChI is InChI=1S/C9H8ClOP/c10-7-12-6-5-8-3-1-2-4-9(8)11-12/h1-6H,7H2. The Hall–Kier alpha value is -0.520. The fourth-order valence-corrected chi connectivity index (χ4v) is 2.41. The van der Waals surface area contributed by atoms with E-state index in [9.17, 15) is 0 Å². The van der Waals surface area contributed by atoms with Crippen molar-refractivity contribution in [3.8, 4) is 5.75 Å². The van der Waals surface area contributed by atoms with E-state index in [1.807, 2.05) is 30.1 Å². The van der Waals surface area contributed by atoms with Gasteiger partial charge in [-0.3, -0.25) is 0 Å². The Morgan fingerprint density at radius 1 is 1.33 bits per heavy atom. The molecule has 0 aromatic heterocycles. The molecule has 1 atom stereocenters. The van der Waals surface area contributed by atoms with E-state index in [-0.39, 0.29) is 0 Å². The molecule has 0 saturated heterocycles. The molecule has 1 aromatic rings. The quantitative estimate of drug-likeness (QED) is 0.495. The Kier molecular flexibility index (Phi) is 2.34. The van der Waals surface area contributed by atoms with E-state index < -0.39 is 8.15 Å². The van der Waals surface area contributed by atoms with Gasteiger partial charge in [-0.1, -0.05) is 18.2 Å². The van der Waals surface area contributed by atoms with Crippen LogP contribution in [0, 0.1) is 0 Å². The van der Waals surface area contributed by atoms with Crippen LogP contribution in [0.25, 0.3) is 6.08 Å². The van der Waals surface area contributed by atoms with Gasteiger partial charge in [-0.15, -0.1) is 11.6 Å². The zero-order valence-corrected chi connectivity index (χ0v) is 8.05. The highest BCUT2D eigenvalue weighted by atomic mass is 35.5. The minimum absolute atomic E-state index is 0.570. The summed E-state index contributed by atoms with van der Waals surface area (Å²) in [4.78, 5) is 0. The van der Waals surface area contributed by atoms with Gasteiger partial charge in [-0.25, -0.2) is 0 Å². The number of hydrogen-bond donors (Lipinski definition) is 0. The average Bonchev–Trinajstić information content (AvgIpc) is 2.17. The van der Waals surface area contributed by atoms with E-state index in [1.165, 1.54) is 0 Å². The summed E-state index contributed by atoms with van der Waals surface area (Å²) in [6.07, 6.45) is 2.08. The fraction of sp³-hybridized carbons (Fsp3) is 0.111. The molecule has 12 heavy (non-hydrogen) atoms. The normalized spacial score (nSPS) is 19.9. The minimum atomic E-state index is -0.571. The van der Waals surface area contributed by atoms with Crippen molar-refractivity contribution in [2.75, 3.05) is 5.62 Å². The summed E-state index contributed by atoms with van der Waals surface area (Å²) in [5, 5.41) is 0. The molecule has 0 aliphatic carbocycles. The van der Waals surface area contributed by atoms with Gasteiger partial charge in [0, 0.05) is 5.56 Å². The molecular formula is C9H8ClOP. The molecule has 3 heteroatoms. The molecule has 0 spiro atoms. The number of hydrogen-bond acceptors (Lipinski definition) is 1. The maximum absolute atomic E-state index is 5.70. The second-order valence-electron chi connectivity index (χ2n) is 2.48. The Labute approximate surface area is 77.8 Å². The van der Waals surface area contributed by atoms with Crippen molar-refractivity contribution >= 4 is 25.8 Å². The van der Waals surface area contributed by atoms with Crippen molar-refractivity contribution < 1.29 is 4.52 Å². The van der Waals surface area contributed by atoms with Crippen molar-refractivity contribution in [2.24, 2.45) is 0 Å². The Balaban J connectivity index is 2.33. The molecule has 1 unspecified atom stereocenters. The summed E-state index contributed by atoms with van der Waals surface area (Å²) in [6, 6.07) is 7.98. The van der Waals surface area contributed by atoms with Crippen LogP contribution in [-0.2, 0) is 0 Å². The van der Waals surface area contributed by atoms with Gasteiger partial charge in [0.05, 0.1) is 5.62 Å². The van der Waals surface area contributed by atoms with Gasteiger partial charge >= 0.3 is 0 Å². The van der Waals surface area contributed by atoms with Crippen LogP contribution in [0.3, 0.4) is 0 Å². The second-order valence-corrected chi connectivity index (χ2v) is 4.75. The zero-order chi connectivity index (χ0) is 8.39. The number of halogens is 1. The van der Waals surface area contributed by atoms with Crippen LogP contribution in [0.15, 0.2) is 30.1 Å². The number of benzene rings is 1. The largest absolute Gasteiger partial charge is 0.468 e. The van der Waals surface area contributed by atoms with E-state index in [0.29, 0.717) is 5.62 Å². The smallest absolute Gasteiger partial charge is 0.131 e. The first-order valence-electron chi connectivity index (χ1n) is 3.68. The zero-order valence-electron chi connectivity index (χ0n) is 6.40. The molecule has 2 rings (SSSR count). The monoisotopic (exact) mass is 198 g/mol. The molecule has 0 bridgehead atoms. The second kappa shape index (κ2) is 3.47. The molecule has 0 N–H and O–H groups in total. The van der Waals surface area contributed by atoms with Crippen LogP contribution in [0.5, 0.6) is 5.75 Å². The van der Waals surface area contributed by atoms with E-state index in [2.05, 4.69) is 6.08 Å². The number of para-hydroxylation sites is 1. The lowest BCUT2D eigenvalue weighted by Crippen LogP contribution is -1.92. The highest BCUT2D eigenvalue weighted by Crippen LogP contribution is 2.46. The Morgan fingerprint density at radius 2 is 2.17 bits per heavy atom. The predicted molar refractivity (Wildman–Crippen MR) is 53.7 cm³/mol. The van der Waals surface area contributed by atoms with Crippen LogP contribution >= 0.6 is 19.7 Å². The molecule has 1 nitrogen and oxygen atoms in total. The Bertz CT molecular complexity index is 311. The highest BCUT2D eigenvalue weighted by Gasteiger charge is 2.12. The first kappa shape index (κ1) is 8.10.